The summed E-state index contributed by atoms with van der Waals surface area (Å²) < 4.78 is 1.60. The Labute approximate surface area is 178 Å². The fraction of sp³-hybridized carbons (Fsp3) is 0.238. The largest absolute Gasteiger partial charge is 0.507 e. The topological polar surface area (TPSA) is 91.6 Å². The number of nitrogens with zero attached hydrogens (tertiary/aromatic N) is 5. The molecule has 0 atom stereocenters. The molecular formula is C21H20ClN5O3. The molecule has 154 valence electrons. The Hall–Kier alpha value is -3.39. The minimum absolute atomic E-state index is 0.0478. The van der Waals surface area contributed by atoms with E-state index in [1.165, 1.54) is 6.07 Å². The van der Waals surface area contributed by atoms with Gasteiger partial charge in [0.1, 0.15) is 11.6 Å². The lowest BCUT2D eigenvalue weighted by molar-refractivity contribution is 0.0527. The highest BCUT2D eigenvalue weighted by atomic mass is 35.5. The highest BCUT2D eigenvalue weighted by molar-refractivity contribution is 6.30. The minimum atomic E-state index is -0.277. The number of carbonyl (C=O) groups is 2. The van der Waals surface area contributed by atoms with Crippen molar-refractivity contribution < 1.29 is 14.7 Å². The molecule has 8 nitrogen and oxygen atoms in total. The van der Waals surface area contributed by atoms with E-state index < -0.39 is 0 Å². The molecule has 0 unspecified atom stereocenters. The van der Waals surface area contributed by atoms with Crippen LogP contribution in [0.15, 0.2) is 48.5 Å². The average Bonchev–Trinajstić information content (AvgIpc) is 3.15. The van der Waals surface area contributed by atoms with Gasteiger partial charge in [-0.2, -0.15) is 0 Å². The zero-order valence-electron chi connectivity index (χ0n) is 16.3. The first-order chi connectivity index (χ1) is 14.4. The molecule has 1 aromatic heterocycles. The van der Waals surface area contributed by atoms with Crippen LogP contribution in [-0.4, -0.2) is 67.7 Å². The Morgan fingerprint density at radius 3 is 2.17 bits per heavy atom. The van der Waals surface area contributed by atoms with Crippen LogP contribution in [-0.2, 0) is 0 Å². The van der Waals surface area contributed by atoms with E-state index in [1.807, 2.05) is 12.1 Å². The minimum Gasteiger partial charge on any atom is -0.507 e. The van der Waals surface area contributed by atoms with Crippen LogP contribution in [0.4, 0.5) is 0 Å². The Kier molecular flexibility index (Phi) is 5.41. The number of halogens is 1. The summed E-state index contributed by atoms with van der Waals surface area (Å²) >= 11 is 5.93. The molecule has 4 rings (SSSR count). The van der Waals surface area contributed by atoms with Crippen molar-refractivity contribution >= 4 is 23.4 Å². The van der Waals surface area contributed by atoms with E-state index in [4.69, 9.17) is 11.6 Å². The second-order valence-corrected chi connectivity index (χ2v) is 7.41. The molecule has 2 amide bonds. The maximum atomic E-state index is 12.9. The summed E-state index contributed by atoms with van der Waals surface area (Å²) in [6, 6.07) is 13.6. The fourth-order valence-electron chi connectivity index (χ4n) is 3.39. The first kappa shape index (κ1) is 19.9. The third kappa shape index (κ3) is 3.86. The summed E-state index contributed by atoms with van der Waals surface area (Å²) in [4.78, 5) is 33.1. The predicted molar refractivity (Wildman–Crippen MR) is 111 cm³/mol. The number of aryl methyl sites for hydroxylation is 1. The van der Waals surface area contributed by atoms with Crippen LogP contribution in [0.2, 0.25) is 5.02 Å². The van der Waals surface area contributed by atoms with E-state index in [1.54, 1.807) is 51.7 Å². The highest BCUT2D eigenvalue weighted by Crippen LogP contribution is 2.19. The van der Waals surface area contributed by atoms with Crippen molar-refractivity contribution in [2.75, 3.05) is 26.2 Å². The van der Waals surface area contributed by atoms with Crippen molar-refractivity contribution in [1.29, 1.82) is 0 Å². The Morgan fingerprint density at radius 2 is 1.53 bits per heavy atom. The lowest BCUT2D eigenvalue weighted by Crippen LogP contribution is -2.50. The van der Waals surface area contributed by atoms with Crippen LogP contribution >= 0.6 is 11.6 Å². The Bertz CT molecular complexity index is 1090. The molecule has 0 spiro atoms. The maximum Gasteiger partial charge on any atom is 0.293 e. The van der Waals surface area contributed by atoms with Crippen molar-refractivity contribution in [3.8, 4) is 11.4 Å². The number of carbonyl (C=O) groups excluding carboxylic acids is 2. The van der Waals surface area contributed by atoms with Gasteiger partial charge in [0.05, 0.1) is 11.3 Å². The van der Waals surface area contributed by atoms with Crippen molar-refractivity contribution in [3.63, 3.8) is 0 Å². The standard InChI is InChI=1S/C21H20ClN5O3/c1-14-23-19(24-27(14)16-8-6-15(22)7-9-16)21(30)26-12-10-25(11-13-26)20(29)17-4-2-3-5-18(17)28/h2-9,28H,10-13H2,1H3. The van der Waals surface area contributed by atoms with Crippen LogP contribution in [0.5, 0.6) is 5.75 Å². The number of benzene rings is 2. The van der Waals surface area contributed by atoms with E-state index in [0.717, 1.165) is 5.69 Å². The second-order valence-electron chi connectivity index (χ2n) is 6.97. The van der Waals surface area contributed by atoms with Gasteiger partial charge in [0.2, 0.25) is 5.82 Å². The number of hydrogen-bond donors (Lipinski definition) is 1. The summed E-state index contributed by atoms with van der Waals surface area (Å²) in [6.45, 7) is 3.26. The molecule has 1 saturated heterocycles. The van der Waals surface area contributed by atoms with Crippen LogP contribution in [0, 0.1) is 6.92 Å². The normalized spacial score (nSPS) is 14.1. The number of hydrogen-bond acceptors (Lipinski definition) is 5. The van der Waals surface area contributed by atoms with E-state index in [0.29, 0.717) is 37.0 Å². The quantitative estimate of drug-likeness (QED) is 0.696. The summed E-state index contributed by atoms with van der Waals surface area (Å²) in [7, 11) is 0. The van der Waals surface area contributed by atoms with Gasteiger partial charge in [-0.05, 0) is 43.3 Å². The number of phenolic OH excluding ortho intramolecular Hbond substituents is 1. The fourth-order valence-corrected chi connectivity index (χ4v) is 3.51. The monoisotopic (exact) mass is 425 g/mol. The Morgan fingerprint density at radius 1 is 0.933 bits per heavy atom. The molecular weight excluding hydrogens is 406 g/mol. The molecule has 1 aliphatic rings. The molecule has 1 N–H and O–H groups in total. The molecule has 0 bridgehead atoms. The zero-order chi connectivity index (χ0) is 21.3. The van der Waals surface area contributed by atoms with E-state index in [9.17, 15) is 14.7 Å². The van der Waals surface area contributed by atoms with Gasteiger partial charge in [-0.3, -0.25) is 9.59 Å². The molecule has 1 aliphatic heterocycles. The molecule has 2 heterocycles. The molecule has 0 saturated carbocycles. The van der Waals surface area contributed by atoms with Gasteiger partial charge in [0.15, 0.2) is 0 Å². The highest BCUT2D eigenvalue weighted by Gasteiger charge is 2.28. The third-order valence-electron chi connectivity index (χ3n) is 5.02. The van der Waals surface area contributed by atoms with Crippen molar-refractivity contribution in [2.45, 2.75) is 6.92 Å². The van der Waals surface area contributed by atoms with Crippen LogP contribution in [0.3, 0.4) is 0 Å². The summed E-state index contributed by atoms with van der Waals surface area (Å²) in [5, 5.41) is 14.9. The SMILES string of the molecule is Cc1nc(C(=O)N2CCN(C(=O)c3ccccc3O)CC2)nn1-c1ccc(Cl)cc1. The lowest BCUT2D eigenvalue weighted by Gasteiger charge is -2.34. The number of phenols is 1. The smallest absolute Gasteiger partial charge is 0.293 e. The van der Waals surface area contributed by atoms with Crippen LogP contribution in [0.1, 0.15) is 26.8 Å². The van der Waals surface area contributed by atoms with Gasteiger partial charge < -0.3 is 14.9 Å². The van der Waals surface area contributed by atoms with Crippen LogP contribution < -0.4 is 0 Å². The first-order valence-electron chi connectivity index (χ1n) is 9.50. The van der Waals surface area contributed by atoms with Gasteiger partial charge >= 0.3 is 0 Å². The summed E-state index contributed by atoms with van der Waals surface area (Å²) in [5.41, 5.74) is 1.03. The summed E-state index contributed by atoms with van der Waals surface area (Å²) in [6.07, 6.45) is 0. The van der Waals surface area contributed by atoms with Gasteiger partial charge in [0.25, 0.3) is 11.8 Å². The van der Waals surface area contributed by atoms with E-state index in [2.05, 4.69) is 10.1 Å². The zero-order valence-corrected chi connectivity index (χ0v) is 17.1. The number of aromatic hydroxyl groups is 1. The van der Waals surface area contributed by atoms with Crippen molar-refractivity contribution in [3.05, 3.63) is 70.8 Å². The first-order valence-corrected chi connectivity index (χ1v) is 9.88. The number of amides is 2. The number of para-hydroxylation sites is 1. The number of piperazine rings is 1. The van der Waals surface area contributed by atoms with E-state index in [-0.39, 0.29) is 29.0 Å². The maximum absolute atomic E-state index is 12.9. The Balaban J connectivity index is 1.44. The number of rotatable bonds is 3. The molecule has 0 radical (unpaired) electrons. The molecule has 30 heavy (non-hydrogen) atoms. The van der Waals surface area contributed by atoms with Gasteiger partial charge in [-0.25, -0.2) is 9.67 Å². The lowest BCUT2D eigenvalue weighted by atomic mass is 10.1. The van der Waals surface area contributed by atoms with Gasteiger partial charge in [-0.15, -0.1) is 5.10 Å². The van der Waals surface area contributed by atoms with E-state index >= 15 is 0 Å². The predicted octanol–water partition coefficient (Wildman–Crippen LogP) is 2.53. The summed E-state index contributed by atoms with van der Waals surface area (Å²) in [5.74, 6) is 0.132. The molecule has 0 aliphatic carbocycles. The second kappa shape index (κ2) is 8.16. The molecule has 1 fully saturated rings. The third-order valence-corrected chi connectivity index (χ3v) is 5.27. The molecule has 2 aromatic carbocycles. The van der Waals surface area contributed by atoms with Crippen molar-refractivity contribution in [1.82, 2.24) is 24.6 Å². The molecule has 3 aromatic rings. The number of aromatic nitrogens is 3. The average molecular weight is 426 g/mol. The van der Waals surface area contributed by atoms with Gasteiger partial charge in [-0.1, -0.05) is 23.7 Å². The van der Waals surface area contributed by atoms with Crippen LogP contribution in [0.25, 0.3) is 5.69 Å². The van der Waals surface area contributed by atoms with Crippen molar-refractivity contribution in [2.24, 2.45) is 0 Å². The van der Waals surface area contributed by atoms with Gasteiger partial charge in [0, 0.05) is 31.2 Å². The molecule has 9 heteroatoms.